The Balaban J connectivity index is 0.000000812. The molecular weight excluding hydrogens is 730 g/mol. The summed E-state index contributed by atoms with van der Waals surface area (Å²) in [6.45, 7) is 7.66. The highest BCUT2D eigenvalue weighted by molar-refractivity contribution is 6.31. The Morgan fingerprint density at radius 3 is 2.04 bits per heavy atom. The molecule has 1 heterocycles. The summed E-state index contributed by atoms with van der Waals surface area (Å²) in [5, 5.41) is 34.5. The monoisotopic (exact) mass is 772 g/mol. The molecule has 292 valence electrons. The van der Waals surface area contributed by atoms with Crippen molar-refractivity contribution in [2.24, 2.45) is 0 Å². The van der Waals surface area contributed by atoms with Crippen molar-refractivity contribution in [2.75, 3.05) is 44.6 Å². The molecule has 0 aliphatic carbocycles. The maximum Gasteiger partial charge on any atom is 0.490 e. The summed E-state index contributed by atoms with van der Waals surface area (Å²) in [6.07, 6.45) is -5.01. The number of unbranched alkanes of at least 4 members (excludes halogenated alkanes) is 1. The molecule has 19 heteroatoms. The van der Waals surface area contributed by atoms with Crippen LogP contribution in [0.25, 0.3) is 0 Å². The fourth-order valence-electron chi connectivity index (χ4n) is 4.59. The largest absolute Gasteiger partial charge is 0.506 e. The number of alkyl halides is 6. The molecule has 1 atom stereocenters. The number of phenolic OH excluding ortho intramolecular Hbond substituents is 1. The number of nitrogens with one attached hydrogen (secondary N) is 3. The molecule has 3 rings (SSSR count). The average Bonchev–Trinajstić information content (AvgIpc) is 3.06. The van der Waals surface area contributed by atoms with Crippen LogP contribution in [0.2, 0.25) is 5.02 Å². The van der Waals surface area contributed by atoms with E-state index in [1.54, 1.807) is 6.07 Å². The maximum absolute atomic E-state index is 13.1. The Morgan fingerprint density at radius 1 is 0.923 bits per heavy atom. The van der Waals surface area contributed by atoms with Crippen molar-refractivity contribution in [2.45, 2.75) is 70.8 Å². The number of fused-ring (bicyclic) bond motifs is 1. The molecule has 2 amide bonds. The highest BCUT2D eigenvalue weighted by Gasteiger charge is 2.39. The number of anilines is 1. The van der Waals surface area contributed by atoms with E-state index in [-0.39, 0.29) is 30.2 Å². The molecule has 0 saturated carbocycles. The molecule has 1 aliphatic rings. The van der Waals surface area contributed by atoms with E-state index in [1.165, 1.54) is 0 Å². The molecule has 2 aromatic carbocycles. The van der Waals surface area contributed by atoms with E-state index < -0.39 is 24.3 Å². The number of carboxylic acids is 2. The number of halogens is 7. The Morgan fingerprint density at radius 2 is 1.48 bits per heavy atom. The highest BCUT2D eigenvalue weighted by atomic mass is 35.5. The number of carbonyl (C=O) groups excluding carboxylic acids is 2. The zero-order valence-corrected chi connectivity index (χ0v) is 29.3. The molecule has 0 saturated heterocycles. The van der Waals surface area contributed by atoms with Crippen molar-refractivity contribution in [3.05, 3.63) is 52.5 Å². The number of rotatable bonds is 16. The minimum absolute atomic E-state index is 0.00154. The third kappa shape index (κ3) is 17.3. The number of nitrogens with zero attached hydrogens (tertiary/aromatic N) is 1. The Bertz CT molecular complexity index is 1440. The first-order valence-corrected chi connectivity index (χ1v) is 16.5. The van der Waals surface area contributed by atoms with Crippen molar-refractivity contribution < 1.29 is 65.6 Å². The molecule has 12 nitrogen and oxygen atoms in total. The molecule has 0 radical (unpaired) electrons. The first-order chi connectivity index (χ1) is 24.3. The Hall–Kier alpha value is -4.29. The molecule has 0 spiro atoms. The molecule has 52 heavy (non-hydrogen) atoms. The van der Waals surface area contributed by atoms with Crippen LogP contribution in [0.15, 0.2) is 36.4 Å². The van der Waals surface area contributed by atoms with E-state index in [4.69, 9.17) is 36.1 Å². The van der Waals surface area contributed by atoms with Crippen LogP contribution in [0.4, 0.5) is 32.0 Å². The van der Waals surface area contributed by atoms with Gasteiger partial charge >= 0.3 is 24.3 Å². The van der Waals surface area contributed by atoms with E-state index in [1.807, 2.05) is 35.2 Å². The van der Waals surface area contributed by atoms with Gasteiger partial charge in [-0.2, -0.15) is 26.3 Å². The van der Waals surface area contributed by atoms with E-state index >= 15 is 0 Å². The molecule has 2 aromatic rings. The summed E-state index contributed by atoms with van der Waals surface area (Å²) < 4.78 is 69.0. The van der Waals surface area contributed by atoms with Crippen molar-refractivity contribution in [1.82, 2.24) is 15.5 Å². The van der Waals surface area contributed by atoms with E-state index in [9.17, 15) is 41.0 Å². The molecule has 6 N–H and O–H groups in total. The number of carboxylic acid groups (broad SMARTS) is 2. The fourth-order valence-corrected chi connectivity index (χ4v) is 4.82. The first kappa shape index (κ1) is 45.7. The third-order valence-electron chi connectivity index (χ3n) is 7.29. The highest BCUT2D eigenvalue weighted by Crippen LogP contribution is 2.39. The third-order valence-corrected chi connectivity index (χ3v) is 7.66. The number of hydrogen-bond donors (Lipinski definition) is 6. The second kappa shape index (κ2) is 22.6. The molecule has 0 fully saturated rings. The molecule has 0 aromatic heterocycles. The van der Waals surface area contributed by atoms with Crippen molar-refractivity contribution in [3.8, 4) is 11.5 Å². The fraction of sp³-hybridized carbons (Fsp3) is 0.515. The summed E-state index contributed by atoms with van der Waals surface area (Å²) in [6, 6.07) is 11.4. The van der Waals surface area contributed by atoms with E-state index in [0.29, 0.717) is 50.5 Å². The number of amides is 2. The van der Waals surface area contributed by atoms with Gasteiger partial charge in [-0.1, -0.05) is 55.6 Å². The summed E-state index contributed by atoms with van der Waals surface area (Å²) in [5.41, 5.74) is 2.36. The van der Waals surface area contributed by atoms with Crippen LogP contribution in [-0.2, 0) is 32.0 Å². The quantitative estimate of drug-likeness (QED) is 0.0736. The standard InChI is InChI=1S/C29H41ClN4O4.2C2HF3O2/c1-3-4-7-21(2)34(27(37)14-17-31-15-12-22-8-5-6-9-24(22)30)19-18-32-16-13-23-10-11-25(35)28-29(23)38-20-26(36)33-28;2*3-2(4,5)1(6)7/h5-6,8-11,21,31-32,35H,3-4,7,12-20H2,1-2H3,(H,33,36);2*(H,6,7)/t21-;;/m1../s1. The molecule has 1 aliphatic heterocycles. The lowest BCUT2D eigenvalue weighted by atomic mass is 10.1. The van der Waals surface area contributed by atoms with Crippen LogP contribution in [-0.4, -0.2) is 102 Å². The Labute approximate surface area is 301 Å². The van der Waals surface area contributed by atoms with Crippen LogP contribution in [0.1, 0.15) is 50.7 Å². The zero-order valence-electron chi connectivity index (χ0n) is 28.5. The SMILES string of the molecule is CCCC[C@@H](C)N(CCNCCc1ccc(O)c2c1OCC(=O)N2)C(=O)CCNCCc1ccccc1Cl.O=C(O)C(F)(F)F.O=C(O)C(F)(F)F. The lowest BCUT2D eigenvalue weighted by Gasteiger charge is -2.30. The van der Waals surface area contributed by atoms with Gasteiger partial charge in [0.05, 0.1) is 0 Å². The predicted molar refractivity (Wildman–Crippen MR) is 180 cm³/mol. The predicted octanol–water partition coefficient (Wildman–Crippen LogP) is 5.40. The van der Waals surface area contributed by atoms with Gasteiger partial charge in [0.15, 0.2) is 12.4 Å². The zero-order chi connectivity index (χ0) is 39.5. The summed E-state index contributed by atoms with van der Waals surface area (Å²) in [4.78, 5) is 44.5. The lowest BCUT2D eigenvalue weighted by molar-refractivity contribution is -0.193. The van der Waals surface area contributed by atoms with Gasteiger partial charge in [0.2, 0.25) is 5.91 Å². The molecule has 0 bridgehead atoms. The second-order valence-electron chi connectivity index (χ2n) is 11.3. The number of aliphatic carboxylic acids is 2. The van der Waals surface area contributed by atoms with Crippen LogP contribution < -0.4 is 20.7 Å². The van der Waals surface area contributed by atoms with E-state index in [0.717, 1.165) is 48.4 Å². The summed E-state index contributed by atoms with van der Waals surface area (Å²) in [7, 11) is 0. The second-order valence-corrected chi connectivity index (χ2v) is 11.7. The van der Waals surface area contributed by atoms with Gasteiger partial charge in [0, 0.05) is 37.1 Å². The van der Waals surface area contributed by atoms with Crippen molar-refractivity contribution in [3.63, 3.8) is 0 Å². The lowest BCUT2D eigenvalue weighted by Crippen LogP contribution is -2.43. The normalized spacial score (nSPS) is 12.8. The number of phenols is 1. The summed E-state index contributed by atoms with van der Waals surface area (Å²) >= 11 is 6.23. The van der Waals surface area contributed by atoms with Gasteiger partial charge in [0.1, 0.15) is 11.4 Å². The minimum Gasteiger partial charge on any atom is -0.506 e. The number of carbonyl (C=O) groups is 4. The van der Waals surface area contributed by atoms with Crippen LogP contribution in [0, 0.1) is 0 Å². The Kier molecular flexibility index (Phi) is 19.9. The van der Waals surface area contributed by atoms with Gasteiger partial charge < -0.3 is 40.9 Å². The van der Waals surface area contributed by atoms with Gasteiger partial charge in [-0.05, 0) is 62.5 Å². The van der Waals surface area contributed by atoms with Gasteiger partial charge in [0.25, 0.3) is 5.91 Å². The van der Waals surface area contributed by atoms with Gasteiger partial charge in [-0.15, -0.1) is 0 Å². The van der Waals surface area contributed by atoms with Crippen LogP contribution in [0.5, 0.6) is 11.5 Å². The topological polar surface area (TPSA) is 178 Å². The maximum atomic E-state index is 13.1. The smallest absolute Gasteiger partial charge is 0.490 e. The minimum atomic E-state index is -5.08. The van der Waals surface area contributed by atoms with Crippen molar-refractivity contribution in [1.29, 1.82) is 0 Å². The molecule has 0 unspecified atom stereocenters. The number of hydrogen-bond acceptors (Lipinski definition) is 8. The molecular formula is C33H43ClF6N4O8. The average molecular weight is 773 g/mol. The van der Waals surface area contributed by atoms with Crippen LogP contribution in [0.3, 0.4) is 0 Å². The summed E-state index contributed by atoms with van der Waals surface area (Å²) in [5.74, 6) is -5.10. The number of benzene rings is 2. The first-order valence-electron chi connectivity index (χ1n) is 16.1. The van der Waals surface area contributed by atoms with E-state index in [2.05, 4.69) is 29.8 Å². The van der Waals surface area contributed by atoms with Gasteiger partial charge in [-0.25, -0.2) is 9.59 Å². The number of aromatic hydroxyl groups is 1. The van der Waals surface area contributed by atoms with Gasteiger partial charge in [-0.3, -0.25) is 9.59 Å². The number of ether oxygens (including phenoxy) is 1. The van der Waals surface area contributed by atoms with Crippen molar-refractivity contribution >= 4 is 41.0 Å². The van der Waals surface area contributed by atoms with Crippen LogP contribution >= 0.6 is 11.6 Å².